The first-order chi connectivity index (χ1) is 8.85. The maximum Gasteiger partial charge on any atom is 0.305 e. The van der Waals surface area contributed by atoms with Gasteiger partial charge in [0.05, 0.1) is 6.61 Å². The number of carbonyl (C=O) groups is 3. The lowest BCUT2D eigenvalue weighted by Crippen LogP contribution is -2.41. The Labute approximate surface area is 109 Å². The van der Waals surface area contributed by atoms with Crippen molar-refractivity contribution < 1.29 is 38.4 Å². The third-order valence-corrected chi connectivity index (χ3v) is 2.33. The number of rotatable bonds is 4. The van der Waals surface area contributed by atoms with Gasteiger partial charge in [-0.15, -0.1) is 0 Å². The van der Waals surface area contributed by atoms with Gasteiger partial charge in [-0.3, -0.25) is 14.4 Å². The Balaban J connectivity index is 2.90. The van der Waals surface area contributed by atoms with Crippen LogP contribution in [0.25, 0.3) is 0 Å². The highest BCUT2D eigenvalue weighted by Gasteiger charge is 2.50. The van der Waals surface area contributed by atoms with Crippen molar-refractivity contribution in [3.8, 4) is 0 Å². The number of esters is 3. The molecule has 0 aliphatic carbocycles. The van der Waals surface area contributed by atoms with E-state index in [1.165, 1.54) is 6.92 Å². The normalized spacial score (nSPS) is 29.7. The van der Waals surface area contributed by atoms with E-state index in [-0.39, 0.29) is 0 Å². The zero-order valence-corrected chi connectivity index (χ0v) is 10.8. The van der Waals surface area contributed by atoms with Crippen LogP contribution >= 0.6 is 0 Å². The highest BCUT2D eigenvalue weighted by Crippen LogP contribution is 2.27. The molecule has 1 saturated heterocycles. The standard InChI is InChI=1S/C11H16O8/c1-5(13)16-9-8(4-12)19-11(18-7(3)15)10(9)17-6(2)14/h8-12H,4H2,1-3H3/t8-,9+,10-,11-/m1/s1. The van der Waals surface area contributed by atoms with Gasteiger partial charge in [0.25, 0.3) is 0 Å². The molecule has 4 atom stereocenters. The van der Waals surface area contributed by atoms with Gasteiger partial charge in [-0.2, -0.15) is 0 Å². The SMILES string of the molecule is CC(=O)O[C@@H]1O[C@H](CO)[C@H](OC(C)=O)[C@H]1OC(C)=O. The Morgan fingerprint density at radius 3 is 1.84 bits per heavy atom. The van der Waals surface area contributed by atoms with Gasteiger partial charge in [0.2, 0.25) is 12.4 Å². The monoisotopic (exact) mass is 276 g/mol. The lowest BCUT2D eigenvalue weighted by molar-refractivity contribution is -0.196. The number of hydrogen-bond acceptors (Lipinski definition) is 8. The Morgan fingerprint density at radius 1 is 0.947 bits per heavy atom. The van der Waals surface area contributed by atoms with E-state index in [2.05, 4.69) is 0 Å². The summed E-state index contributed by atoms with van der Waals surface area (Å²) in [5.41, 5.74) is 0. The average Bonchev–Trinajstić information content (AvgIpc) is 2.55. The first kappa shape index (κ1) is 15.4. The molecule has 1 rings (SSSR count). The summed E-state index contributed by atoms with van der Waals surface area (Å²) in [7, 11) is 0. The summed E-state index contributed by atoms with van der Waals surface area (Å²) in [6.07, 6.45) is -4.29. The van der Waals surface area contributed by atoms with Gasteiger partial charge < -0.3 is 24.1 Å². The third-order valence-electron chi connectivity index (χ3n) is 2.33. The number of ether oxygens (including phenoxy) is 4. The van der Waals surface area contributed by atoms with Gasteiger partial charge in [0.15, 0.2) is 6.10 Å². The van der Waals surface area contributed by atoms with Crippen molar-refractivity contribution >= 4 is 17.9 Å². The summed E-state index contributed by atoms with van der Waals surface area (Å²) < 4.78 is 19.9. The second-order valence-corrected chi connectivity index (χ2v) is 3.98. The third kappa shape index (κ3) is 4.18. The Bertz CT molecular complexity index is 366. The molecule has 8 nitrogen and oxygen atoms in total. The highest BCUT2D eigenvalue weighted by molar-refractivity contribution is 5.68. The van der Waals surface area contributed by atoms with Crippen LogP contribution in [0, 0.1) is 0 Å². The van der Waals surface area contributed by atoms with Crippen LogP contribution in [0.1, 0.15) is 20.8 Å². The van der Waals surface area contributed by atoms with E-state index in [9.17, 15) is 14.4 Å². The Kier molecular flexibility index (Phi) is 5.25. The molecular formula is C11H16O8. The highest BCUT2D eigenvalue weighted by atomic mass is 16.7. The van der Waals surface area contributed by atoms with Crippen LogP contribution < -0.4 is 0 Å². The van der Waals surface area contributed by atoms with Crippen LogP contribution in [0.3, 0.4) is 0 Å². The molecule has 1 heterocycles. The average molecular weight is 276 g/mol. The van der Waals surface area contributed by atoms with Gasteiger partial charge in [-0.1, -0.05) is 0 Å². The predicted molar refractivity (Wildman–Crippen MR) is 58.6 cm³/mol. The minimum absolute atomic E-state index is 0.479. The van der Waals surface area contributed by atoms with Crippen molar-refractivity contribution in [2.24, 2.45) is 0 Å². The maximum atomic E-state index is 11.0. The summed E-state index contributed by atoms with van der Waals surface area (Å²) in [4.78, 5) is 33.0. The summed E-state index contributed by atoms with van der Waals surface area (Å²) in [5.74, 6) is -1.93. The van der Waals surface area contributed by atoms with Crippen molar-refractivity contribution in [3.05, 3.63) is 0 Å². The summed E-state index contributed by atoms with van der Waals surface area (Å²) >= 11 is 0. The van der Waals surface area contributed by atoms with Crippen molar-refractivity contribution in [1.29, 1.82) is 0 Å². The zero-order valence-electron chi connectivity index (χ0n) is 10.8. The van der Waals surface area contributed by atoms with Crippen molar-refractivity contribution in [1.82, 2.24) is 0 Å². The second kappa shape index (κ2) is 6.48. The molecule has 1 N–H and O–H groups in total. The molecule has 1 fully saturated rings. The molecule has 108 valence electrons. The van der Waals surface area contributed by atoms with E-state index in [0.717, 1.165) is 13.8 Å². The summed E-state index contributed by atoms with van der Waals surface area (Å²) in [6, 6.07) is 0. The minimum atomic E-state index is -1.22. The zero-order chi connectivity index (χ0) is 14.6. The molecule has 8 heteroatoms. The fourth-order valence-electron chi connectivity index (χ4n) is 1.75. The Morgan fingerprint density at radius 2 is 1.42 bits per heavy atom. The Hall–Kier alpha value is -1.67. The molecule has 0 bridgehead atoms. The summed E-state index contributed by atoms with van der Waals surface area (Å²) in [5, 5.41) is 9.16. The predicted octanol–water partition coefficient (Wildman–Crippen LogP) is -0.870. The van der Waals surface area contributed by atoms with E-state index < -0.39 is 49.1 Å². The first-order valence-electron chi connectivity index (χ1n) is 5.63. The van der Waals surface area contributed by atoms with E-state index in [1.54, 1.807) is 0 Å². The van der Waals surface area contributed by atoms with Gasteiger partial charge in [0.1, 0.15) is 6.10 Å². The molecule has 0 unspecified atom stereocenters. The van der Waals surface area contributed by atoms with Crippen molar-refractivity contribution in [3.63, 3.8) is 0 Å². The molecular weight excluding hydrogens is 260 g/mol. The fraction of sp³-hybridized carbons (Fsp3) is 0.727. The van der Waals surface area contributed by atoms with E-state index in [4.69, 9.17) is 24.1 Å². The molecule has 0 amide bonds. The molecule has 1 aliphatic heterocycles. The minimum Gasteiger partial charge on any atom is -0.455 e. The quantitative estimate of drug-likeness (QED) is 0.521. The van der Waals surface area contributed by atoms with Gasteiger partial charge in [-0.05, 0) is 0 Å². The molecule has 0 aromatic rings. The van der Waals surface area contributed by atoms with Crippen molar-refractivity contribution in [2.75, 3.05) is 6.61 Å². The molecule has 0 saturated carbocycles. The van der Waals surface area contributed by atoms with Crippen molar-refractivity contribution in [2.45, 2.75) is 45.4 Å². The molecule has 0 aromatic heterocycles. The van der Waals surface area contributed by atoms with Crippen LogP contribution in [0.4, 0.5) is 0 Å². The number of aliphatic hydroxyl groups is 1. The fourth-order valence-corrected chi connectivity index (χ4v) is 1.75. The van der Waals surface area contributed by atoms with Crippen LogP contribution in [-0.2, 0) is 33.3 Å². The topological polar surface area (TPSA) is 108 Å². The van der Waals surface area contributed by atoms with E-state index in [0.29, 0.717) is 0 Å². The number of aliphatic hydroxyl groups excluding tert-OH is 1. The van der Waals surface area contributed by atoms with Crippen LogP contribution in [0.5, 0.6) is 0 Å². The lowest BCUT2D eigenvalue weighted by Gasteiger charge is -2.22. The summed E-state index contributed by atoms with van der Waals surface area (Å²) in [6.45, 7) is 3.00. The van der Waals surface area contributed by atoms with E-state index >= 15 is 0 Å². The van der Waals surface area contributed by atoms with Crippen LogP contribution in [0.15, 0.2) is 0 Å². The smallest absolute Gasteiger partial charge is 0.305 e. The van der Waals surface area contributed by atoms with Gasteiger partial charge in [-0.25, -0.2) is 0 Å². The number of hydrogen-bond donors (Lipinski definition) is 1. The van der Waals surface area contributed by atoms with Gasteiger partial charge >= 0.3 is 17.9 Å². The van der Waals surface area contributed by atoms with Crippen LogP contribution in [0.2, 0.25) is 0 Å². The molecule has 19 heavy (non-hydrogen) atoms. The largest absolute Gasteiger partial charge is 0.455 e. The molecule has 0 radical (unpaired) electrons. The molecule has 0 aromatic carbocycles. The van der Waals surface area contributed by atoms with Gasteiger partial charge in [0, 0.05) is 20.8 Å². The van der Waals surface area contributed by atoms with E-state index in [1.807, 2.05) is 0 Å². The lowest BCUT2D eigenvalue weighted by atomic mass is 10.1. The molecule has 1 aliphatic rings. The van der Waals surface area contributed by atoms with Crippen LogP contribution in [-0.4, -0.2) is 54.2 Å². The molecule has 0 spiro atoms. The number of carbonyl (C=O) groups excluding carboxylic acids is 3. The second-order valence-electron chi connectivity index (χ2n) is 3.98. The maximum absolute atomic E-state index is 11.0. The first-order valence-corrected chi connectivity index (χ1v) is 5.63.